The van der Waals surface area contributed by atoms with E-state index >= 15 is 0 Å². The Bertz CT molecular complexity index is 925. The molecule has 2 aromatic rings. The smallest absolute Gasteiger partial charge is 0.328 e. The number of carbonyl (C=O) groups is 1. The molecule has 0 bridgehead atoms. The van der Waals surface area contributed by atoms with E-state index in [2.05, 4.69) is 16.9 Å². The third kappa shape index (κ3) is 4.02. The third-order valence-electron chi connectivity index (χ3n) is 3.53. The molecule has 0 spiro atoms. The maximum atomic E-state index is 12.7. The van der Waals surface area contributed by atoms with Gasteiger partial charge < -0.3 is 16.2 Å². The van der Waals surface area contributed by atoms with Crippen molar-refractivity contribution in [2.24, 2.45) is 0 Å². The molecule has 25 heavy (non-hydrogen) atoms. The molecule has 0 aliphatic heterocycles. The van der Waals surface area contributed by atoms with Gasteiger partial charge in [-0.05, 0) is 30.2 Å². The van der Waals surface area contributed by atoms with Crippen molar-refractivity contribution in [1.29, 1.82) is 5.41 Å². The number of nitrogens with two attached hydrogens (primary N) is 1. The summed E-state index contributed by atoms with van der Waals surface area (Å²) in [6.45, 7) is 5.62. The minimum atomic E-state index is -0.501. The molecule has 0 atom stereocenters. The zero-order chi connectivity index (χ0) is 18.4. The number of anilines is 1. The zero-order valence-corrected chi connectivity index (χ0v) is 14.0. The molecule has 1 aromatic heterocycles. The van der Waals surface area contributed by atoms with Gasteiger partial charge in [0.2, 0.25) is 0 Å². The second-order valence-electron chi connectivity index (χ2n) is 5.30. The van der Waals surface area contributed by atoms with Crippen LogP contribution < -0.4 is 16.5 Å². The Balaban J connectivity index is 2.46. The van der Waals surface area contributed by atoms with Crippen LogP contribution in [0.2, 0.25) is 0 Å². The van der Waals surface area contributed by atoms with E-state index in [1.165, 1.54) is 0 Å². The molecule has 0 fully saturated rings. The van der Waals surface area contributed by atoms with E-state index < -0.39 is 6.03 Å². The Morgan fingerprint density at radius 3 is 2.92 bits per heavy atom. The van der Waals surface area contributed by atoms with Crippen molar-refractivity contribution < 1.29 is 9.90 Å². The summed E-state index contributed by atoms with van der Waals surface area (Å²) in [4.78, 5) is 16.8. The highest BCUT2D eigenvalue weighted by Crippen LogP contribution is 2.14. The van der Waals surface area contributed by atoms with Gasteiger partial charge in [-0.3, -0.25) is 5.41 Å². The summed E-state index contributed by atoms with van der Waals surface area (Å²) >= 11 is 0. The van der Waals surface area contributed by atoms with Crippen LogP contribution in [0, 0.1) is 5.41 Å². The molecule has 2 rings (SSSR count). The monoisotopic (exact) mass is 339 g/mol. The third-order valence-corrected chi connectivity index (χ3v) is 3.53. The summed E-state index contributed by atoms with van der Waals surface area (Å²) in [5.74, 6) is -0.0466. The van der Waals surface area contributed by atoms with Crippen molar-refractivity contribution in [3.63, 3.8) is 0 Å². The van der Waals surface area contributed by atoms with Crippen LogP contribution >= 0.6 is 0 Å². The van der Waals surface area contributed by atoms with Gasteiger partial charge in [0.05, 0.1) is 17.6 Å². The molecule has 0 unspecified atom stereocenters. The number of nitrogens with zero attached hydrogens (tertiary/aromatic N) is 2. The number of aliphatic hydroxyl groups excluding tert-OH is 1. The predicted octanol–water partition coefficient (Wildman–Crippen LogP) is 1.84. The predicted molar refractivity (Wildman–Crippen MR) is 97.8 cm³/mol. The number of nitrogens with one attached hydrogen (secondary N) is 2. The highest BCUT2D eigenvalue weighted by molar-refractivity contribution is 5.89. The largest absolute Gasteiger partial charge is 0.392 e. The minimum absolute atomic E-state index is 0.0466. The molecule has 0 saturated carbocycles. The first-order chi connectivity index (χ1) is 12.0. The van der Waals surface area contributed by atoms with Crippen molar-refractivity contribution in [2.75, 3.05) is 12.3 Å². The van der Waals surface area contributed by atoms with Crippen molar-refractivity contribution in [1.82, 2.24) is 14.9 Å². The summed E-state index contributed by atoms with van der Waals surface area (Å²) in [7, 11) is 0. The van der Waals surface area contributed by atoms with Crippen LogP contribution in [-0.4, -0.2) is 27.2 Å². The lowest BCUT2D eigenvalue weighted by atomic mass is 10.2. The molecule has 5 N–H and O–H groups in total. The number of benzene rings is 1. The number of allylic oxidation sites excluding steroid dienone is 3. The molecule has 7 heteroatoms. The maximum Gasteiger partial charge on any atom is 0.328 e. The van der Waals surface area contributed by atoms with Crippen LogP contribution in [0.5, 0.6) is 0 Å². The van der Waals surface area contributed by atoms with Crippen LogP contribution in [0.3, 0.4) is 0 Å². The number of fused-ring (bicyclic) bond motifs is 1. The fourth-order valence-corrected chi connectivity index (χ4v) is 2.37. The van der Waals surface area contributed by atoms with E-state index in [0.717, 1.165) is 10.1 Å². The maximum absolute atomic E-state index is 12.7. The average Bonchev–Trinajstić information content (AvgIpc) is 2.60. The summed E-state index contributed by atoms with van der Waals surface area (Å²) < 4.78 is 1.15. The number of rotatable bonds is 5. The van der Waals surface area contributed by atoms with Crippen molar-refractivity contribution in [2.45, 2.75) is 13.5 Å². The molecule has 0 radical (unpaired) electrons. The molecule has 0 aliphatic carbocycles. The lowest BCUT2D eigenvalue weighted by Gasteiger charge is -2.13. The van der Waals surface area contributed by atoms with Crippen LogP contribution in [-0.2, 0) is 6.61 Å². The average molecular weight is 339 g/mol. The highest BCUT2D eigenvalue weighted by Gasteiger charge is 2.13. The Labute approximate surface area is 145 Å². The summed E-state index contributed by atoms with van der Waals surface area (Å²) in [5.41, 5.74) is 7.90. The topological polar surface area (TPSA) is 117 Å². The lowest BCUT2D eigenvalue weighted by molar-refractivity contribution is 0.243. The number of hydrogen-bond donors (Lipinski definition) is 4. The van der Waals surface area contributed by atoms with Gasteiger partial charge in [-0.1, -0.05) is 36.9 Å². The summed E-state index contributed by atoms with van der Waals surface area (Å²) in [6.07, 6.45) is 7.14. The van der Waals surface area contributed by atoms with E-state index in [1.807, 2.05) is 19.1 Å². The normalized spacial score (nSPS) is 11.8. The molecule has 130 valence electrons. The number of nitrogen functional groups attached to an aromatic ring is 1. The van der Waals surface area contributed by atoms with Gasteiger partial charge in [0.15, 0.2) is 11.3 Å². The van der Waals surface area contributed by atoms with Gasteiger partial charge in [0, 0.05) is 6.54 Å². The van der Waals surface area contributed by atoms with E-state index in [1.54, 1.807) is 30.4 Å². The van der Waals surface area contributed by atoms with Gasteiger partial charge in [0.25, 0.3) is 0 Å². The molecule has 1 aromatic carbocycles. The van der Waals surface area contributed by atoms with Gasteiger partial charge >= 0.3 is 6.03 Å². The second-order valence-corrected chi connectivity index (χ2v) is 5.30. The van der Waals surface area contributed by atoms with E-state index in [9.17, 15) is 9.90 Å². The Hall–Kier alpha value is -3.19. The van der Waals surface area contributed by atoms with E-state index in [-0.39, 0.29) is 24.5 Å². The van der Waals surface area contributed by atoms with Gasteiger partial charge in [-0.2, -0.15) is 0 Å². The molecular formula is C18H21N5O2. The molecular weight excluding hydrogens is 318 g/mol. The number of amides is 1. The quantitative estimate of drug-likeness (QED) is 0.622. The van der Waals surface area contributed by atoms with E-state index in [4.69, 9.17) is 11.1 Å². The molecule has 0 saturated heterocycles. The number of carbonyl (C=O) groups excluding carboxylic acids is 1. The zero-order valence-electron chi connectivity index (χ0n) is 14.0. The molecule has 1 heterocycles. The number of hydrogen-bond acceptors (Lipinski definition) is 5. The minimum Gasteiger partial charge on any atom is -0.392 e. The first-order valence-corrected chi connectivity index (χ1v) is 7.71. The molecule has 1 amide bonds. The summed E-state index contributed by atoms with van der Waals surface area (Å²) in [5, 5.41) is 20.2. The van der Waals surface area contributed by atoms with Gasteiger partial charge in [0.1, 0.15) is 0 Å². The van der Waals surface area contributed by atoms with Crippen molar-refractivity contribution >= 4 is 22.9 Å². The Morgan fingerprint density at radius 2 is 2.28 bits per heavy atom. The standard InChI is InChI=1S/C18H21N5O2/c1-3-5-12(6-4-2)10-21-18(25)23-15-9-13(11-24)7-8-14(15)22-16(19)17(23)20/h3-9,20,24H,1,10-11H2,2H3,(H2,19,22)(H,21,25)/b6-4-,12-5+,20-17?. The summed E-state index contributed by atoms with van der Waals surface area (Å²) in [6, 6.07) is 4.46. The fourth-order valence-electron chi connectivity index (χ4n) is 2.37. The lowest BCUT2D eigenvalue weighted by Crippen LogP contribution is -2.38. The highest BCUT2D eigenvalue weighted by atomic mass is 16.3. The Kier molecular flexibility index (Phi) is 5.86. The fraction of sp³-hybridized carbons (Fsp3) is 0.167. The molecule has 0 aliphatic rings. The number of aliphatic hydroxyl groups is 1. The van der Waals surface area contributed by atoms with Crippen LogP contribution in [0.4, 0.5) is 10.6 Å². The molecule has 7 nitrogen and oxygen atoms in total. The number of aromatic nitrogens is 2. The van der Waals surface area contributed by atoms with Crippen molar-refractivity contribution in [3.05, 3.63) is 65.7 Å². The van der Waals surface area contributed by atoms with Crippen LogP contribution in [0.25, 0.3) is 11.0 Å². The SMILES string of the molecule is C=C/C=C(\C=C/C)CNC(=O)n1c(=N)c(N)nc2ccc(CO)cc21. The van der Waals surface area contributed by atoms with Gasteiger partial charge in [-0.25, -0.2) is 14.3 Å². The van der Waals surface area contributed by atoms with Crippen molar-refractivity contribution in [3.8, 4) is 0 Å². The van der Waals surface area contributed by atoms with E-state index in [0.29, 0.717) is 16.6 Å². The Morgan fingerprint density at radius 1 is 1.52 bits per heavy atom. The van der Waals surface area contributed by atoms with Gasteiger partial charge in [-0.15, -0.1) is 0 Å². The van der Waals surface area contributed by atoms with Crippen LogP contribution in [0.15, 0.2) is 54.7 Å². The first kappa shape index (κ1) is 18.2. The van der Waals surface area contributed by atoms with Crippen LogP contribution in [0.1, 0.15) is 12.5 Å². The second kappa shape index (κ2) is 8.07. The first-order valence-electron chi connectivity index (χ1n) is 7.71.